The molecule has 4 unspecified atom stereocenters. The van der Waals surface area contributed by atoms with Crippen molar-refractivity contribution in [1.82, 2.24) is 5.32 Å². The van der Waals surface area contributed by atoms with Crippen LogP contribution >= 0.6 is 0 Å². The number of methoxy groups -OCH3 is 1. The Kier molecular flexibility index (Phi) is 6.92. The molecule has 0 spiro atoms. The summed E-state index contributed by atoms with van der Waals surface area (Å²) in [6.07, 6.45) is 0. The predicted octanol–water partition coefficient (Wildman–Crippen LogP) is 2.99. The molecule has 2 rings (SSSR count). The quantitative estimate of drug-likeness (QED) is 0.749. The Morgan fingerprint density at radius 2 is 1.38 bits per heavy atom. The van der Waals surface area contributed by atoms with Gasteiger partial charge in [0.1, 0.15) is 0 Å². The maximum Gasteiger partial charge on any atom is 0.310 e. The molecule has 0 bridgehead atoms. The van der Waals surface area contributed by atoms with E-state index in [-0.39, 0.29) is 11.9 Å². The Morgan fingerprint density at radius 3 is 1.88 bits per heavy atom. The summed E-state index contributed by atoms with van der Waals surface area (Å²) in [7, 11) is 1.34. The molecule has 2 aromatic carbocycles. The van der Waals surface area contributed by atoms with E-state index in [0.29, 0.717) is 0 Å². The zero-order valence-corrected chi connectivity index (χ0v) is 15.4. The third-order valence-corrected chi connectivity index (χ3v) is 4.67. The molecular formula is C21H26N2O3. The summed E-state index contributed by atoms with van der Waals surface area (Å²) in [6.45, 7) is 3.53. The fourth-order valence-corrected chi connectivity index (χ4v) is 2.89. The minimum Gasteiger partial charge on any atom is -0.469 e. The number of rotatable bonds is 7. The topological polar surface area (TPSA) is 81.4 Å². The van der Waals surface area contributed by atoms with E-state index in [4.69, 9.17) is 10.5 Å². The van der Waals surface area contributed by atoms with Crippen LogP contribution in [-0.2, 0) is 14.3 Å². The molecule has 5 heteroatoms. The maximum atomic E-state index is 12.8. The first-order valence-electron chi connectivity index (χ1n) is 8.69. The number of ether oxygens (including phenoxy) is 1. The average Bonchev–Trinajstić information content (AvgIpc) is 2.70. The molecule has 0 saturated heterocycles. The van der Waals surface area contributed by atoms with Gasteiger partial charge in [-0.3, -0.25) is 9.59 Å². The molecule has 2 aromatic rings. The second-order valence-electron chi connectivity index (χ2n) is 6.43. The monoisotopic (exact) mass is 354 g/mol. The third-order valence-electron chi connectivity index (χ3n) is 4.67. The minimum atomic E-state index is -0.522. The van der Waals surface area contributed by atoms with Crippen molar-refractivity contribution in [3.8, 4) is 0 Å². The lowest BCUT2D eigenvalue weighted by Crippen LogP contribution is -2.41. The van der Waals surface area contributed by atoms with Gasteiger partial charge in [0, 0.05) is 6.04 Å². The van der Waals surface area contributed by atoms with E-state index in [0.717, 1.165) is 11.1 Å². The van der Waals surface area contributed by atoms with Gasteiger partial charge in [-0.1, -0.05) is 67.6 Å². The van der Waals surface area contributed by atoms with Gasteiger partial charge in [0.25, 0.3) is 0 Å². The van der Waals surface area contributed by atoms with Gasteiger partial charge in [-0.25, -0.2) is 0 Å². The fraction of sp³-hybridized carbons (Fsp3) is 0.333. The molecule has 0 aliphatic heterocycles. The molecule has 0 aliphatic carbocycles. The van der Waals surface area contributed by atoms with Crippen LogP contribution in [0.25, 0.3) is 0 Å². The average molecular weight is 354 g/mol. The minimum absolute atomic E-state index is 0.203. The number of esters is 1. The van der Waals surface area contributed by atoms with Crippen LogP contribution in [0.3, 0.4) is 0 Å². The van der Waals surface area contributed by atoms with E-state index in [1.165, 1.54) is 7.11 Å². The van der Waals surface area contributed by atoms with Gasteiger partial charge >= 0.3 is 5.97 Å². The van der Waals surface area contributed by atoms with Crippen LogP contribution in [0.4, 0.5) is 0 Å². The van der Waals surface area contributed by atoms with Crippen molar-refractivity contribution in [1.29, 1.82) is 0 Å². The van der Waals surface area contributed by atoms with Crippen LogP contribution in [0, 0.1) is 11.8 Å². The van der Waals surface area contributed by atoms with Crippen molar-refractivity contribution < 1.29 is 14.3 Å². The van der Waals surface area contributed by atoms with Gasteiger partial charge in [-0.2, -0.15) is 0 Å². The lowest BCUT2D eigenvalue weighted by Gasteiger charge is -2.27. The van der Waals surface area contributed by atoms with Crippen LogP contribution in [0.2, 0.25) is 0 Å². The van der Waals surface area contributed by atoms with Crippen LogP contribution in [0.15, 0.2) is 60.7 Å². The highest BCUT2D eigenvalue weighted by molar-refractivity contribution is 5.81. The van der Waals surface area contributed by atoms with Gasteiger partial charge in [-0.05, 0) is 18.1 Å². The van der Waals surface area contributed by atoms with Crippen LogP contribution in [0.5, 0.6) is 0 Å². The molecule has 0 radical (unpaired) electrons. The Morgan fingerprint density at radius 1 is 0.885 bits per heavy atom. The second-order valence-corrected chi connectivity index (χ2v) is 6.43. The zero-order chi connectivity index (χ0) is 19.1. The van der Waals surface area contributed by atoms with Crippen molar-refractivity contribution in [3.63, 3.8) is 0 Å². The van der Waals surface area contributed by atoms with Gasteiger partial charge in [-0.15, -0.1) is 0 Å². The first-order chi connectivity index (χ1) is 12.5. The SMILES string of the molecule is COC(=O)C(C)C(NC(=O)C(C)C(N)c1ccccc1)c1ccccc1. The Labute approximate surface area is 154 Å². The Bertz CT molecular complexity index is 719. The number of amides is 1. The summed E-state index contributed by atoms with van der Waals surface area (Å²) in [5.41, 5.74) is 8.01. The molecule has 0 heterocycles. The highest BCUT2D eigenvalue weighted by Crippen LogP contribution is 2.25. The zero-order valence-electron chi connectivity index (χ0n) is 15.4. The van der Waals surface area contributed by atoms with Gasteiger partial charge in [0.2, 0.25) is 5.91 Å². The predicted molar refractivity (Wildman–Crippen MR) is 101 cm³/mol. The number of nitrogens with one attached hydrogen (secondary N) is 1. The summed E-state index contributed by atoms with van der Waals surface area (Å²) in [5, 5.41) is 2.98. The first kappa shape index (κ1) is 19.7. The van der Waals surface area contributed by atoms with Gasteiger partial charge < -0.3 is 15.8 Å². The number of nitrogens with two attached hydrogens (primary N) is 1. The fourth-order valence-electron chi connectivity index (χ4n) is 2.89. The number of hydrogen-bond acceptors (Lipinski definition) is 4. The number of carbonyl (C=O) groups is 2. The largest absolute Gasteiger partial charge is 0.469 e. The van der Waals surface area contributed by atoms with Crippen LogP contribution in [0.1, 0.15) is 37.1 Å². The van der Waals surface area contributed by atoms with E-state index in [2.05, 4.69) is 5.32 Å². The molecule has 4 atom stereocenters. The normalized spacial score (nSPS) is 15.4. The Balaban J connectivity index is 2.19. The van der Waals surface area contributed by atoms with E-state index in [9.17, 15) is 9.59 Å². The number of carbonyl (C=O) groups excluding carboxylic acids is 2. The molecular weight excluding hydrogens is 328 g/mol. The first-order valence-corrected chi connectivity index (χ1v) is 8.69. The second kappa shape index (κ2) is 9.15. The summed E-state index contributed by atoms with van der Waals surface area (Å²) in [4.78, 5) is 24.8. The lowest BCUT2D eigenvalue weighted by atomic mass is 9.91. The van der Waals surface area contributed by atoms with E-state index in [1.807, 2.05) is 60.7 Å². The molecule has 3 N–H and O–H groups in total. The Hall–Kier alpha value is -2.66. The highest BCUT2D eigenvalue weighted by atomic mass is 16.5. The third kappa shape index (κ3) is 4.70. The number of hydrogen-bond donors (Lipinski definition) is 2. The van der Waals surface area contributed by atoms with E-state index < -0.39 is 23.9 Å². The van der Waals surface area contributed by atoms with Crippen molar-refractivity contribution in [2.45, 2.75) is 25.9 Å². The van der Waals surface area contributed by atoms with Crippen molar-refractivity contribution in [2.75, 3.05) is 7.11 Å². The number of benzene rings is 2. The molecule has 138 valence electrons. The summed E-state index contributed by atoms with van der Waals surface area (Å²) >= 11 is 0. The van der Waals surface area contributed by atoms with E-state index in [1.54, 1.807) is 13.8 Å². The van der Waals surface area contributed by atoms with Crippen LogP contribution in [-0.4, -0.2) is 19.0 Å². The van der Waals surface area contributed by atoms with Crippen molar-refractivity contribution >= 4 is 11.9 Å². The maximum absolute atomic E-state index is 12.8. The highest BCUT2D eigenvalue weighted by Gasteiger charge is 2.30. The summed E-state index contributed by atoms with van der Waals surface area (Å²) in [6, 6.07) is 18.0. The van der Waals surface area contributed by atoms with E-state index >= 15 is 0 Å². The van der Waals surface area contributed by atoms with Gasteiger partial charge in [0.15, 0.2) is 0 Å². The molecule has 5 nitrogen and oxygen atoms in total. The van der Waals surface area contributed by atoms with Gasteiger partial charge in [0.05, 0.1) is 25.0 Å². The smallest absolute Gasteiger partial charge is 0.310 e. The molecule has 26 heavy (non-hydrogen) atoms. The van der Waals surface area contributed by atoms with Crippen molar-refractivity contribution in [3.05, 3.63) is 71.8 Å². The summed E-state index contributed by atoms with van der Waals surface area (Å²) in [5.74, 6) is -1.55. The lowest BCUT2D eigenvalue weighted by molar-refractivity contribution is -0.146. The van der Waals surface area contributed by atoms with Crippen LogP contribution < -0.4 is 11.1 Å². The summed E-state index contributed by atoms with van der Waals surface area (Å²) < 4.78 is 4.86. The molecule has 0 aromatic heterocycles. The molecule has 0 saturated carbocycles. The molecule has 0 fully saturated rings. The van der Waals surface area contributed by atoms with Crippen molar-refractivity contribution in [2.24, 2.45) is 17.6 Å². The standard InChI is InChI=1S/C21H26N2O3/c1-14(18(22)16-10-6-4-7-11-16)20(24)23-19(15(2)21(25)26-3)17-12-8-5-9-13-17/h4-15,18-19H,22H2,1-3H3,(H,23,24). The molecule has 0 aliphatic rings. The molecule has 1 amide bonds.